The van der Waals surface area contributed by atoms with Crippen molar-refractivity contribution in [2.24, 2.45) is 10.8 Å². The predicted octanol–water partition coefficient (Wildman–Crippen LogP) is 4.87. The lowest BCUT2D eigenvalue weighted by atomic mass is 9.49. The van der Waals surface area contributed by atoms with Crippen LogP contribution in [0.15, 0.2) is 48.8 Å². The highest BCUT2D eigenvalue weighted by atomic mass is 35.5. The van der Waals surface area contributed by atoms with Gasteiger partial charge in [-0.3, -0.25) is 38.5 Å². The maximum absolute atomic E-state index is 13.5. The van der Waals surface area contributed by atoms with Crippen molar-refractivity contribution in [1.29, 1.82) is 5.26 Å². The van der Waals surface area contributed by atoms with Crippen molar-refractivity contribution in [3.05, 3.63) is 76.1 Å². The Morgan fingerprint density at radius 2 is 1.73 bits per heavy atom. The number of fused-ring (bicyclic) bond motifs is 1. The van der Waals surface area contributed by atoms with E-state index in [1.54, 1.807) is 42.6 Å². The zero-order valence-electron chi connectivity index (χ0n) is 32.2. The second kappa shape index (κ2) is 15.0. The van der Waals surface area contributed by atoms with Crippen LogP contribution in [0, 0.1) is 22.2 Å². The van der Waals surface area contributed by atoms with Crippen molar-refractivity contribution >= 4 is 41.1 Å². The number of nitriles is 1. The van der Waals surface area contributed by atoms with Crippen molar-refractivity contribution in [2.45, 2.75) is 84.0 Å². The number of piperidine rings is 1. The fourth-order valence-electron chi connectivity index (χ4n) is 9.07. The summed E-state index contributed by atoms with van der Waals surface area (Å²) in [7, 11) is 1.36. The molecule has 15 heteroatoms. The second-order valence-electron chi connectivity index (χ2n) is 16.3. The SMILES string of the molecule is CN1C(=O)CC[C@@H](N2C(=O)c3ccc(OCCCCN4CC[C@@H](n5cc(C(=O)NC6C(C)(C)C(Oc7ccc(C#N)c(Cl)c7)C6(C)C)cn5)C4)cc3C2=O)C1=O. The average Bonchev–Trinajstić information content (AvgIpc) is 3.91. The lowest BCUT2D eigenvalue weighted by Gasteiger charge is -2.63. The van der Waals surface area contributed by atoms with Crippen LogP contribution >= 0.6 is 11.6 Å². The number of likely N-dealkylation sites (tertiary alicyclic amines) is 2. The van der Waals surface area contributed by atoms with Crippen molar-refractivity contribution in [3.8, 4) is 17.6 Å². The van der Waals surface area contributed by atoms with Gasteiger partial charge < -0.3 is 19.7 Å². The summed E-state index contributed by atoms with van der Waals surface area (Å²) in [5.41, 5.74) is 0.554. The molecule has 2 saturated heterocycles. The third kappa shape index (κ3) is 7.03. The van der Waals surface area contributed by atoms with E-state index < -0.39 is 23.8 Å². The molecule has 0 bridgehead atoms. The molecule has 14 nitrogen and oxygen atoms in total. The lowest BCUT2D eigenvalue weighted by molar-refractivity contribution is -0.164. The summed E-state index contributed by atoms with van der Waals surface area (Å²) in [5.74, 6) is -1.10. The van der Waals surface area contributed by atoms with Gasteiger partial charge in [0.25, 0.3) is 23.6 Å². The van der Waals surface area contributed by atoms with Gasteiger partial charge in [0.1, 0.15) is 29.7 Å². The number of nitrogens with one attached hydrogen (secondary N) is 1. The summed E-state index contributed by atoms with van der Waals surface area (Å²) in [6.07, 6.45) is 6.03. The first-order valence-corrected chi connectivity index (χ1v) is 19.4. The van der Waals surface area contributed by atoms with Crippen molar-refractivity contribution in [2.75, 3.05) is 33.3 Å². The summed E-state index contributed by atoms with van der Waals surface area (Å²) in [6, 6.07) is 10.9. The van der Waals surface area contributed by atoms with Crippen LogP contribution in [0.5, 0.6) is 11.5 Å². The molecule has 5 amide bonds. The van der Waals surface area contributed by atoms with Crippen LogP contribution < -0.4 is 14.8 Å². The number of aromatic nitrogens is 2. The number of nitrogens with zero attached hydrogens (tertiary/aromatic N) is 6. The maximum atomic E-state index is 13.5. The highest BCUT2D eigenvalue weighted by molar-refractivity contribution is 6.31. The second-order valence-corrected chi connectivity index (χ2v) is 16.7. The fraction of sp³-hybridized carbons (Fsp3) is 0.488. The molecule has 1 N–H and O–H groups in total. The zero-order chi connectivity index (χ0) is 40.1. The molecule has 4 aliphatic rings. The molecule has 4 heterocycles. The summed E-state index contributed by atoms with van der Waals surface area (Å²) < 4.78 is 14.2. The van der Waals surface area contributed by atoms with Gasteiger partial charge in [-0.1, -0.05) is 39.3 Å². The number of carbonyl (C=O) groups excluding carboxylic acids is 5. The van der Waals surface area contributed by atoms with E-state index in [2.05, 4.69) is 49.1 Å². The number of unbranched alkanes of at least 4 members (excludes halogenated alkanes) is 1. The van der Waals surface area contributed by atoms with Crippen LogP contribution in [0.4, 0.5) is 0 Å². The van der Waals surface area contributed by atoms with E-state index in [-0.39, 0.29) is 64.8 Å². The predicted molar refractivity (Wildman–Crippen MR) is 204 cm³/mol. The van der Waals surface area contributed by atoms with Gasteiger partial charge >= 0.3 is 0 Å². The first kappa shape index (κ1) is 39.0. The molecule has 0 unspecified atom stereocenters. The van der Waals surface area contributed by atoms with Crippen LogP contribution in [0.25, 0.3) is 0 Å². The van der Waals surface area contributed by atoms with Crippen LogP contribution in [-0.4, -0.2) is 105 Å². The van der Waals surface area contributed by atoms with Crippen LogP contribution in [-0.2, 0) is 9.59 Å². The van der Waals surface area contributed by atoms with Crippen molar-refractivity contribution < 1.29 is 33.4 Å². The molecule has 2 aromatic carbocycles. The molecule has 3 aliphatic heterocycles. The quantitative estimate of drug-likeness (QED) is 0.198. The Balaban J connectivity index is 0.851. The Bertz CT molecular complexity index is 2130. The van der Waals surface area contributed by atoms with Crippen LogP contribution in [0.1, 0.15) is 102 Å². The van der Waals surface area contributed by atoms with Gasteiger partial charge in [-0.25, -0.2) is 0 Å². The van der Waals surface area contributed by atoms with E-state index in [9.17, 15) is 29.2 Å². The number of amides is 5. The standard InChI is InChI=1S/C41H46ClN7O7/c1-40(2)38(41(3,4)39(40)56-28-9-8-24(20-43)31(42)19-28)45-34(51)25-21-44-48(22-25)26-14-16-47(23-26)15-6-7-17-55-27-10-11-29-30(18-27)36(53)49(35(29)52)32-12-13-33(50)46(5)37(32)54/h8-11,18-19,21-22,26,32,38-39H,6-7,12-17,23H2,1-5H3,(H,45,51)/t26-,32-,38?,39?/m1/s1. The average molecular weight is 784 g/mol. The van der Waals surface area contributed by atoms with E-state index in [1.807, 2.05) is 10.9 Å². The molecule has 1 saturated carbocycles. The number of hydrogen-bond acceptors (Lipinski definition) is 10. The number of imide groups is 2. The number of ether oxygens (including phenoxy) is 2. The molecular weight excluding hydrogens is 738 g/mol. The number of hydrogen-bond donors (Lipinski definition) is 1. The minimum atomic E-state index is -0.995. The lowest BCUT2D eigenvalue weighted by Crippen LogP contribution is -2.74. The molecule has 2 atom stereocenters. The molecule has 3 aromatic rings. The Labute approximate surface area is 330 Å². The summed E-state index contributed by atoms with van der Waals surface area (Å²) in [4.78, 5) is 68.7. The number of rotatable bonds is 12. The first-order chi connectivity index (χ1) is 26.6. The molecule has 1 aliphatic carbocycles. The van der Waals surface area contributed by atoms with Crippen molar-refractivity contribution in [1.82, 2.24) is 29.8 Å². The van der Waals surface area contributed by atoms with Gasteiger partial charge in [-0.2, -0.15) is 10.4 Å². The van der Waals surface area contributed by atoms with Gasteiger partial charge in [0.15, 0.2) is 0 Å². The molecule has 0 spiro atoms. The highest BCUT2D eigenvalue weighted by Gasteiger charge is 2.64. The first-order valence-electron chi connectivity index (χ1n) is 19.0. The minimum absolute atomic E-state index is 0.0901. The maximum Gasteiger partial charge on any atom is 0.262 e. The summed E-state index contributed by atoms with van der Waals surface area (Å²) >= 11 is 6.24. The largest absolute Gasteiger partial charge is 0.494 e. The monoisotopic (exact) mass is 783 g/mol. The molecular formula is C41H46ClN7O7. The van der Waals surface area contributed by atoms with Crippen LogP contribution in [0.3, 0.4) is 0 Å². The smallest absolute Gasteiger partial charge is 0.262 e. The third-order valence-electron chi connectivity index (χ3n) is 11.9. The van der Waals surface area contributed by atoms with E-state index in [0.29, 0.717) is 34.3 Å². The Morgan fingerprint density at radius 3 is 2.46 bits per heavy atom. The summed E-state index contributed by atoms with van der Waals surface area (Å²) in [6.45, 7) is 11.3. The Kier molecular flexibility index (Phi) is 10.4. The molecule has 1 aromatic heterocycles. The van der Waals surface area contributed by atoms with E-state index >= 15 is 0 Å². The fourth-order valence-corrected chi connectivity index (χ4v) is 9.29. The Hall–Kier alpha value is -5.26. The molecule has 0 radical (unpaired) electrons. The minimum Gasteiger partial charge on any atom is -0.494 e. The van der Waals surface area contributed by atoms with Gasteiger partial charge in [-0.05, 0) is 62.6 Å². The highest BCUT2D eigenvalue weighted by Crippen LogP contribution is 2.55. The van der Waals surface area contributed by atoms with E-state index in [4.69, 9.17) is 21.1 Å². The number of benzene rings is 2. The third-order valence-corrected chi connectivity index (χ3v) is 12.2. The van der Waals surface area contributed by atoms with Gasteiger partial charge in [0, 0.05) is 55.7 Å². The van der Waals surface area contributed by atoms with Crippen molar-refractivity contribution in [3.63, 3.8) is 0 Å². The molecule has 56 heavy (non-hydrogen) atoms. The van der Waals surface area contributed by atoms with Crippen LogP contribution in [0.2, 0.25) is 5.02 Å². The number of carbonyl (C=O) groups is 5. The molecule has 294 valence electrons. The topological polar surface area (TPSA) is 167 Å². The molecule has 7 rings (SSSR count). The van der Waals surface area contributed by atoms with Gasteiger partial charge in [0.2, 0.25) is 5.91 Å². The van der Waals surface area contributed by atoms with E-state index in [0.717, 1.165) is 48.7 Å². The summed E-state index contributed by atoms with van der Waals surface area (Å²) in [5, 5.41) is 17.3. The normalized spacial score (nSPS) is 24.2. The number of likely N-dealkylation sites (N-methyl/N-ethyl adjacent to an activating group) is 1. The number of halogens is 1. The zero-order valence-corrected chi connectivity index (χ0v) is 33.0. The van der Waals surface area contributed by atoms with Gasteiger partial charge in [-0.15, -0.1) is 0 Å². The van der Waals surface area contributed by atoms with E-state index in [1.165, 1.54) is 7.05 Å². The van der Waals surface area contributed by atoms with Gasteiger partial charge in [0.05, 0.1) is 46.1 Å². The Morgan fingerprint density at radius 1 is 1.00 bits per heavy atom. The molecule has 3 fully saturated rings.